The van der Waals surface area contributed by atoms with Gasteiger partial charge in [0.15, 0.2) is 5.71 Å². The minimum atomic E-state index is -0.397. The molecule has 0 aromatic heterocycles. The molecule has 0 spiro atoms. The average molecular weight is 285 g/mol. The van der Waals surface area contributed by atoms with Crippen molar-refractivity contribution in [3.05, 3.63) is 0 Å². The lowest BCUT2D eigenvalue weighted by Gasteiger charge is -2.35. The topological polar surface area (TPSA) is 54.4 Å². The van der Waals surface area contributed by atoms with Gasteiger partial charge in [0.25, 0.3) is 0 Å². The fraction of sp³-hybridized carbons (Fsp3) is 0.857. The lowest BCUT2D eigenvalue weighted by molar-refractivity contribution is -0.145. The van der Waals surface area contributed by atoms with Gasteiger partial charge in [-0.1, -0.05) is 18.5 Å². The largest absolute Gasteiger partial charge is 0.461 e. The Hall–Kier alpha value is -1.14. The van der Waals surface area contributed by atoms with E-state index in [9.17, 15) is 4.79 Å². The summed E-state index contributed by atoms with van der Waals surface area (Å²) in [6.45, 7) is 5.99. The fourth-order valence-corrected chi connectivity index (χ4v) is 2.20. The summed E-state index contributed by atoms with van der Waals surface area (Å²) in [5.41, 5.74) is 0.329. The van der Waals surface area contributed by atoms with Gasteiger partial charge in [0.2, 0.25) is 6.35 Å². The van der Waals surface area contributed by atoms with Gasteiger partial charge in [0.05, 0.1) is 6.61 Å². The quantitative estimate of drug-likeness (QED) is 0.308. The van der Waals surface area contributed by atoms with Gasteiger partial charge in [-0.3, -0.25) is 9.80 Å². The Morgan fingerprint density at radius 3 is 2.40 bits per heavy atom. The van der Waals surface area contributed by atoms with Crippen molar-refractivity contribution in [2.24, 2.45) is 5.16 Å². The van der Waals surface area contributed by atoms with Crippen LogP contribution in [0, 0.1) is 0 Å². The van der Waals surface area contributed by atoms with Gasteiger partial charge in [-0.25, -0.2) is 4.79 Å². The maximum atomic E-state index is 11.7. The number of carbonyl (C=O) groups excluding carboxylic acids is 1. The first kappa shape index (κ1) is 16.9. The van der Waals surface area contributed by atoms with Crippen molar-refractivity contribution in [3.8, 4) is 0 Å². The van der Waals surface area contributed by atoms with E-state index in [1.165, 1.54) is 19.3 Å². The van der Waals surface area contributed by atoms with Crippen LogP contribution < -0.4 is 0 Å². The molecule has 0 bridgehead atoms. The lowest BCUT2D eigenvalue weighted by atomic mass is 10.1. The summed E-state index contributed by atoms with van der Waals surface area (Å²) in [5.74, 6) is -0.397. The second-order valence-corrected chi connectivity index (χ2v) is 5.10. The van der Waals surface area contributed by atoms with Crippen LogP contribution in [0.1, 0.15) is 39.5 Å². The number of nitrogens with zero attached hydrogens (tertiary/aromatic N) is 3. The number of hydrogen-bond acceptors (Lipinski definition) is 6. The number of hydrogen-bond donors (Lipinski definition) is 0. The maximum Gasteiger partial charge on any atom is 0.356 e. The van der Waals surface area contributed by atoms with Crippen LogP contribution in [-0.2, 0) is 14.4 Å². The fourth-order valence-electron chi connectivity index (χ4n) is 2.20. The smallest absolute Gasteiger partial charge is 0.356 e. The Balaban J connectivity index is 2.66. The van der Waals surface area contributed by atoms with Crippen LogP contribution in [0.4, 0.5) is 0 Å². The molecule has 1 heterocycles. The van der Waals surface area contributed by atoms with Crippen molar-refractivity contribution in [1.82, 2.24) is 9.80 Å². The molecule has 1 saturated heterocycles. The minimum absolute atomic E-state index is 0.230. The predicted octanol–water partition coefficient (Wildman–Crippen LogP) is 1.66. The van der Waals surface area contributed by atoms with Gasteiger partial charge in [-0.15, -0.1) is 0 Å². The molecule has 6 heteroatoms. The van der Waals surface area contributed by atoms with Crippen LogP contribution in [0.3, 0.4) is 0 Å². The van der Waals surface area contributed by atoms with Gasteiger partial charge in [0.1, 0.15) is 0 Å². The molecule has 1 fully saturated rings. The number of ether oxygens (including phenoxy) is 1. The highest BCUT2D eigenvalue weighted by Gasteiger charge is 2.24. The van der Waals surface area contributed by atoms with E-state index in [-0.39, 0.29) is 6.35 Å². The van der Waals surface area contributed by atoms with E-state index in [0.29, 0.717) is 18.7 Å². The van der Waals surface area contributed by atoms with Gasteiger partial charge in [0, 0.05) is 13.1 Å². The molecule has 20 heavy (non-hydrogen) atoms. The van der Waals surface area contributed by atoms with Crippen molar-refractivity contribution in [3.63, 3.8) is 0 Å². The van der Waals surface area contributed by atoms with Crippen LogP contribution >= 0.6 is 0 Å². The molecule has 1 rings (SSSR count). The zero-order valence-corrected chi connectivity index (χ0v) is 13.1. The molecule has 0 saturated carbocycles. The highest BCUT2D eigenvalue weighted by molar-refractivity contribution is 6.36. The molecule has 1 aliphatic heterocycles. The van der Waals surface area contributed by atoms with Crippen LogP contribution in [0.25, 0.3) is 0 Å². The number of rotatable bonds is 7. The van der Waals surface area contributed by atoms with Crippen molar-refractivity contribution in [1.29, 1.82) is 0 Å². The summed E-state index contributed by atoms with van der Waals surface area (Å²) < 4.78 is 4.96. The van der Waals surface area contributed by atoms with E-state index in [2.05, 4.69) is 10.1 Å². The minimum Gasteiger partial charge on any atom is -0.461 e. The first-order valence-corrected chi connectivity index (χ1v) is 7.40. The molecule has 1 unspecified atom stereocenters. The molecule has 1 aliphatic rings. The van der Waals surface area contributed by atoms with Crippen molar-refractivity contribution >= 4 is 11.7 Å². The van der Waals surface area contributed by atoms with Crippen LogP contribution in [-0.4, -0.2) is 61.6 Å². The summed E-state index contributed by atoms with van der Waals surface area (Å²) in [5, 5.41) is 4.02. The number of esters is 1. The molecule has 0 amide bonds. The van der Waals surface area contributed by atoms with E-state index >= 15 is 0 Å². The van der Waals surface area contributed by atoms with Crippen LogP contribution in [0.5, 0.6) is 0 Å². The lowest BCUT2D eigenvalue weighted by Crippen LogP contribution is -2.48. The normalized spacial score (nSPS) is 18.9. The molecule has 0 N–H and O–H groups in total. The summed E-state index contributed by atoms with van der Waals surface area (Å²) >= 11 is 0. The number of piperidine rings is 1. The van der Waals surface area contributed by atoms with E-state index in [4.69, 9.17) is 9.57 Å². The molecule has 6 nitrogen and oxygen atoms in total. The SMILES string of the molecule is CCOC(=O)C(CC)=NOC(N(C)C)N1CCCCC1. The van der Waals surface area contributed by atoms with E-state index in [1.807, 2.05) is 25.9 Å². The van der Waals surface area contributed by atoms with Gasteiger partial charge in [-0.2, -0.15) is 0 Å². The van der Waals surface area contributed by atoms with E-state index in [1.54, 1.807) is 6.92 Å². The molecule has 0 aliphatic carbocycles. The zero-order chi connectivity index (χ0) is 15.0. The first-order valence-electron chi connectivity index (χ1n) is 7.40. The zero-order valence-electron chi connectivity index (χ0n) is 13.1. The van der Waals surface area contributed by atoms with E-state index < -0.39 is 5.97 Å². The third-order valence-electron chi connectivity index (χ3n) is 3.25. The molecule has 1 atom stereocenters. The van der Waals surface area contributed by atoms with Gasteiger partial charge >= 0.3 is 5.97 Å². The van der Waals surface area contributed by atoms with Gasteiger partial charge in [-0.05, 0) is 40.3 Å². The van der Waals surface area contributed by atoms with Crippen molar-refractivity contribution < 1.29 is 14.4 Å². The third-order valence-corrected chi connectivity index (χ3v) is 3.25. The molecule has 0 aromatic rings. The van der Waals surface area contributed by atoms with E-state index in [0.717, 1.165) is 13.1 Å². The predicted molar refractivity (Wildman–Crippen MR) is 78.3 cm³/mol. The molecular weight excluding hydrogens is 258 g/mol. The number of likely N-dealkylation sites (tertiary alicyclic amines) is 1. The van der Waals surface area contributed by atoms with Crippen molar-refractivity contribution in [2.45, 2.75) is 45.9 Å². The third kappa shape index (κ3) is 5.09. The maximum absolute atomic E-state index is 11.7. The summed E-state index contributed by atoms with van der Waals surface area (Å²) in [6.07, 6.45) is 3.89. The van der Waals surface area contributed by atoms with Crippen molar-refractivity contribution in [2.75, 3.05) is 33.8 Å². The second kappa shape index (κ2) is 8.92. The molecular formula is C14H27N3O3. The summed E-state index contributed by atoms with van der Waals surface area (Å²) in [4.78, 5) is 21.5. The highest BCUT2D eigenvalue weighted by Crippen LogP contribution is 2.14. The Labute approximate surface area is 121 Å². The number of oxime groups is 1. The number of carbonyl (C=O) groups is 1. The molecule has 116 valence electrons. The molecule has 0 radical (unpaired) electrons. The first-order chi connectivity index (χ1) is 9.60. The summed E-state index contributed by atoms with van der Waals surface area (Å²) in [7, 11) is 3.90. The highest BCUT2D eigenvalue weighted by atomic mass is 16.7. The molecule has 0 aromatic carbocycles. The van der Waals surface area contributed by atoms with Gasteiger partial charge < -0.3 is 9.57 Å². The van der Waals surface area contributed by atoms with Crippen LogP contribution in [0.15, 0.2) is 5.16 Å². The average Bonchev–Trinajstić information content (AvgIpc) is 2.44. The standard InChI is InChI=1S/C14H27N3O3/c1-5-12(13(18)19-6-2)15-20-14(16(3)4)17-10-8-7-9-11-17/h14H,5-11H2,1-4H3. The Morgan fingerprint density at radius 1 is 1.25 bits per heavy atom. The Morgan fingerprint density at radius 2 is 1.90 bits per heavy atom. The summed E-state index contributed by atoms with van der Waals surface area (Å²) in [6, 6.07) is 0. The Bertz CT molecular complexity index is 326. The Kier molecular flexibility index (Phi) is 7.54. The van der Waals surface area contributed by atoms with Crippen LogP contribution in [0.2, 0.25) is 0 Å². The second-order valence-electron chi connectivity index (χ2n) is 5.10. The monoisotopic (exact) mass is 285 g/mol.